The summed E-state index contributed by atoms with van der Waals surface area (Å²) in [5.74, 6) is 1.42. The molecular weight excluding hydrogens is 374 g/mol. The first-order valence-electron chi connectivity index (χ1n) is 9.18. The second kappa shape index (κ2) is 9.80. The number of benzene rings is 1. The van der Waals surface area contributed by atoms with E-state index in [1.54, 1.807) is 10.8 Å². The molecule has 0 radical (unpaired) electrons. The number of carbonyl (C=O) groups excluding carboxylic acids is 1. The second-order valence-corrected chi connectivity index (χ2v) is 6.70. The molecule has 0 unspecified atom stereocenters. The van der Waals surface area contributed by atoms with Crippen molar-refractivity contribution in [2.45, 2.75) is 39.5 Å². The van der Waals surface area contributed by atoms with Crippen LogP contribution in [0.5, 0.6) is 5.75 Å². The molecule has 2 heterocycles. The highest BCUT2D eigenvalue weighted by atomic mass is 32.1. The quantitative estimate of drug-likeness (QED) is 0.542. The Labute approximate surface area is 168 Å². The average Bonchev–Trinajstić information content (AvgIpc) is 3.06. The van der Waals surface area contributed by atoms with Gasteiger partial charge in [-0.25, -0.2) is 0 Å². The number of aromatic nitrogens is 4. The van der Waals surface area contributed by atoms with Gasteiger partial charge in [-0.2, -0.15) is 5.10 Å². The fraction of sp³-hybridized carbons (Fsp3) is 0.300. The Hall–Kier alpha value is -3.00. The first-order valence-corrected chi connectivity index (χ1v) is 9.59. The number of aromatic amines is 1. The van der Waals surface area contributed by atoms with Crippen LogP contribution in [-0.2, 0) is 30.9 Å². The summed E-state index contributed by atoms with van der Waals surface area (Å²) in [7, 11) is 0. The van der Waals surface area contributed by atoms with Crippen LogP contribution < -0.4 is 10.1 Å². The zero-order chi connectivity index (χ0) is 19.8. The number of ether oxygens (including phenoxy) is 1. The van der Waals surface area contributed by atoms with E-state index >= 15 is 0 Å². The number of nitrogens with zero attached hydrogens (tertiary/aromatic N) is 3. The van der Waals surface area contributed by atoms with E-state index in [9.17, 15) is 4.79 Å². The Bertz CT molecular complexity index is 968. The lowest BCUT2D eigenvalue weighted by Gasteiger charge is -2.10. The van der Waals surface area contributed by atoms with Gasteiger partial charge in [-0.15, -0.1) is 0 Å². The molecule has 0 atom stereocenters. The minimum Gasteiger partial charge on any atom is -0.487 e. The molecule has 28 heavy (non-hydrogen) atoms. The molecule has 2 aromatic heterocycles. The van der Waals surface area contributed by atoms with Gasteiger partial charge in [-0.3, -0.25) is 19.4 Å². The first kappa shape index (κ1) is 19.8. The van der Waals surface area contributed by atoms with Crippen LogP contribution in [0.2, 0.25) is 0 Å². The van der Waals surface area contributed by atoms with E-state index in [-0.39, 0.29) is 12.5 Å². The van der Waals surface area contributed by atoms with Gasteiger partial charge in [0, 0.05) is 19.2 Å². The molecule has 8 heteroatoms. The van der Waals surface area contributed by atoms with Crippen LogP contribution in [0.1, 0.15) is 30.4 Å². The van der Waals surface area contributed by atoms with Crippen molar-refractivity contribution in [3.63, 3.8) is 0 Å². The molecule has 0 fully saturated rings. The molecule has 0 saturated carbocycles. The highest BCUT2D eigenvalue weighted by molar-refractivity contribution is 7.71. The SMILES string of the molecule is CCCc1n[nH]c(=S)n1CC(=O)NCc1cccc(OCc2ccccn2)c1. The monoisotopic (exact) mass is 397 g/mol. The molecular formula is C20H23N5O2S. The molecule has 0 aliphatic rings. The fourth-order valence-electron chi connectivity index (χ4n) is 2.71. The highest BCUT2D eigenvalue weighted by Gasteiger charge is 2.10. The lowest BCUT2D eigenvalue weighted by molar-refractivity contribution is -0.121. The summed E-state index contributed by atoms with van der Waals surface area (Å²) >= 11 is 5.21. The topological polar surface area (TPSA) is 84.8 Å². The van der Waals surface area contributed by atoms with Crippen molar-refractivity contribution in [1.29, 1.82) is 0 Å². The van der Waals surface area contributed by atoms with Crippen molar-refractivity contribution < 1.29 is 9.53 Å². The number of amides is 1. The van der Waals surface area contributed by atoms with Gasteiger partial charge >= 0.3 is 0 Å². The van der Waals surface area contributed by atoms with Crippen LogP contribution >= 0.6 is 12.2 Å². The van der Waals surface area contributed by atoms with Gasteiger partial charge in [0.2, 0.25) is 5.91 Å². The number of pyridine rings is 1. The summed E-state index contributed by atoms with van der Waals surface area (Å²) in [6.07, 6.45) is 3.45. The molecule has 7 nitrogen and oxygen atoms in total. The summed E-state index contributed by atoms with van der Waals surface area (Å²) in [4.78, 5) is 16.6. The Morgan fingerprint density at radius 2 is 2.18 bits per heavy atom. The molecule has 0 saturated heterocycles. The molecule has 0 spiro atoms. The van der Waals surface area contributed by atoms with E-state index in [4.69, 9.17) is 17.0 Å². The first-order chi connectivity index (χ1) is 13.7. The summed E-state index contributed by atoms with van der Waals surface area (Å²) in [5.41, 5.74) is 1.82. The minimum absolute atomic E-state index is 0.116. The van der Waals surface area contributed by atoms with Crippen molar-refractivity contribution >= 4 is 18.1 Å². The zero-order valence-corrected chi connectivity index (χ0v) is 16.5. The maximum atomic E-state index is 12.3. The standard InChI is InChI=1S/C20H23N5O2S/c1-2-6-18-23-24-20(28)25(18)13-19(26)22-12-15-7-5-9-17(11-15)27-14-16-8-3-4-10-21-16/h3-5,7-11H,2,6,12-14H2,1H3,(H,22,26)(H,24,28). The zero-order valence-electron chi connectivity index (χ0n) is 15.7. The fourth-order valence-corrected chi connectivity index (χ4v) is 2.93. The number of rotatable bonds is 9. The van der Waals surface area contributed by atoms with Crippen molar-refractivity contribution in [1.82, 2.24) is 25.1 Å². The smallest absolute Gasteiger partial charge is 0.240 e. The van der Waals surface area contributed by atoms with E-state index in [1.807, 2.05) is 42.5 Å². The molecule has 1 aromatic carbocycles. The minimum atomic E-state index is -0.116. The van der Waals surface area contributed by atoms with Crippen molar-refractivity contribution in [3.8, 4) is 5.75 Å². The lowest BCUT2D eigenvalue weighted by Crippen LogP contribution is -2.27. The number of aryl methyl sites for hydroxylation is 1. The number of carbonyl (C=O) groups is 1. The van der Waals surface area contributed by atoms with Crippen LogP contribution in [0.4, 0.5) is 0 Å². The van der Waals surface area contributed by atoms with Crippen LogP contribution in [0, 0.1) is 4.77 Å². The second-order valence-electron chi connectivity index (χ2n) is 6.32. The van der Waals surface area contributed by atoms with Crippen molar-refractivity contribution in [2.75, 3.05) is 0 Å². The number of H-pyrrole nitrogens is 1. The molecule has 0 bridgehead atoms. The molecule has 0 aliphatic carbocycles. The van der Waals surface area contributed by atoms with Gasteiger partial charge in [0.05, 0.1) is 5.69 Å². The van der Waals surface area contributed by atoms with Gasteiger partial charge < -0.3 is 10.1 Å². The predicted octanol–water partition coefficient (Wildman–Crippen LogP) is 3.18. The Morgan fingerprint density at radius 3 is 2.96 bits per heavy atom. The van der Waals surface area contributed by atoms with Gasteiger partial charge in [0.15, 0.2) is 4.77 Å². The van der Waals surface area contributed by atoms with Gasteiger partial charge in [-0.1, -0.05) is 25.1 Å². The van der Waals surface area contributed by atoms with Crippen LogP contribution in [0.25, 0.3) is 0 Å². The van der Waals surface area contributed by atoms with Gasteiger partial charge in [0.1, 0.15) is 24.7 Å². The summed E-state index contributed by atoms with van der Waals surface area (Å²) < 4.78 is 7.98. The van der Waals surface area contributed by atoms with Crippen LogP contribution in [0.3, 0.4) is 0 Å². The maximum Gasteiger partial charge on any atom is 0.240 e. The number of hydrogen-bond acceptors (Lipinski definition) is 5. The third-order valence-corrected chi connectivity index (χ3v) is 4.43. The number of nitrogens with one attached hydrogen (secondary N) is 2. The summed E-state index contributed by atoms with van der Waals surface area (Å²) in [6, 6.07) is 13.4. The predicted molar refractivity (Wildman–Crippen MR) is 108 cm³/mol. The Morgan fingerprint density at radius 1 is 1.29 bits per heavy atom. The van der Waals surface area contributed by atoms with E-state index < -0.39 is 0 Å². The molecule has 3 aromatic rings. The average molecular weight is 398 g/mol. The molecule has 1 amide bonds. The molecule has 2 N–H and O–H groups in total. The van der Waals surface area contributed by atoms with E-state index in [0.29, 0.717) is 17.9 Å². The normalized spacial score (nSPS) is 10.6. The van der Waals surface area contributed by atoms with Crippen LogP contribution in [-0.4, -0.2) is 25.7 Å². The Kier molecular flexibility index (Phi) is 6.91. The van der Waals surface area contributed by atoms with E-state index in [2.05, 4.69) is 27.4 Å². The van der Waals surface area contributed by atoms with Gasteiger partial charge in [-0.05, 0) is 48.5 Å². The van der Waals surface area contributed by atoms with Crippen molar-refractivity contribution in [3.05, 3.63) is 70.5 Å². The van der Waals surface area contributed by atoms with Crippen LogP contribution in [0.15, 0.2) is 48.7 Å². The molecule has 0 aliphatic heterocycles. The van der Waals surface area contributed by atoms with E-state index in [0.717, 1.165) is 35.7 Å². The summed E-state index contributed by atoms with van der Waals surface area (Å²) in [5, 5.41) is 9.85. The highest BCUT2D eigenvalue weighted by Crippen LogP contribution is 2.14. The van der Waals surface area contributed by atoms with Crippen molar-refractivity contribution in [2.24, 2.45) is 0 Å². The van der Waals surface area contributed by atoms with E-state index in [1.165, 1.54) is 0 Å². The molecule has 3 rings (SSSR count). The Balaban J connectivity index is 1.54. The lowest BCUT2D eigenvalue weighted by atomic mass is 10.2. The van der Waals surface area contributed by atoms with Gasteiger partial charge in [0.25, 0.3) is 0 Å². The largest absolute Gasteiger partial charge is 0.487 e. The summed E-state index contributed by atoms with van der Waals surface area (Å²) in [6.45, 7) is 3.02. The third-order valence-electron chi connectivity index (χ3n) is 4.11. The third kappa shape index (κ3) is 5.50. The number of hydrogen-bond donors (Lipinski definition) is 2. The maximum absolute atomic E-state index is 12.3. The molecule has 146 valence electrons.